The first-order valence-corrected chi connectivity index (χ1v) is 8.96. The number of tetrazole rings is 1. The highest BCUT2D eigenvalue weighted by molar-refractivity contribution is 7.99. The predicted octanol–water partition coefficient (Wildman–Crippen LogP) is 1.45. The van der Waals surface area contributed by atoms with E-state index in [-0.39, 0.29) is 18.1 Å². The molecule has 0 spiro atoms. The summed E-state index contributed by atoms with van der Waals surface area (Å²) < 4.78 is 7.39. The van der Waals surface area contributed by atoms with Crippen molar-refractivity contribution < 1.29 is 9.53 Å². The van der Waals surface area contributed by atoms with Gasteiger partial charge in [-0.3, -0.25) is 4.79 Å². The Bertz CT molecular complexity index is 668. The minimum absolute atomic E-state index is 0.0751. The Morgan fingerprint density at radius 2 is 1.96 bits per heavy atom. The molecule has 2 aromatic rings. The molecule has 2 atom stereocenters. The Morgan fingerprint density at radius 3 is 2.67 bits per heavy atom. The fourth-order valence-corrected chi connectivity index (χ4v) is 3.53. The van der Waals surface area contributed by atoms with Crippen LogP contribution in [0.15, 0.2) is 35.5 Å². The molecule has 1 amide bonds. The molecule has 1 aromatic carbocycles. The molecule has 24 heavy (non-hydrogen) atoms. The average Bonchev–Trinajstić information content (AvgIpc) is 3.00. The van der Waals surface area contributed by atoms with E-state index in [1.54, 1.807) is 4.68 Å². The van der Waals surface area contributed by atoms with Gasteiger partial charge in [0, 0.05) is 13.1 Å². The first-order chi connectivity index (χ1) is 11.6. The SMILES string of the molecule is CC1CN(C(=O)CSc2nnnn2Cc2ccccc2)CC(C)O1. The van der Waals surface area contributed by atoms with Crippen LogP contribution in [0.25, 0.3) is 0 Å². The van der Waals surface area contributed by atoms with Gasteiger partial charge in [-0.25, -0.2) is 4.68 Å². The molecule has 0 radical (unpaired) electrons. The van der Waals surface area contributed by atoms with Crippen molar-refractivity contribution in [1.82, 2.24) is 25.1 Å². The van der Waals surface area contributed by atoms with Crippen LogP contribution >= 0.6 is 11.8 Å². The second kappa shape index (κ2) is 7.76. The van der Waals surface area contributed by atoms with Crippen molar-refractivity contribution in [2.75, 3.05) is 18.8 Å². The highest BCUT2D eigenvalue weighted by Gasteiger charge is 2.26. The van der Waals surface area contributed by atoms with Gasteiger partial charge in [0.1, 0.15) is 0 Å². The molecule has 2 heterocycles. The lowest BCUT2D eigenvalue weighted by molar-refractivity contribution is -0.140. The molecular formula is C16H21N5O2S. The van der Waals surface area contributed by atoms with Gasteiger partial charge in [0.15, 0.2) is 0 Å². The number of amides is 1. The summed E-state index contributed by atoms with van der Waals surface area (Å²) in [7, 11) is 0. The molecule has 7 nitrogen and oxygen atoms in total. The van der Waals surface area contributed by atoms with Crippen LogP contribution in [0.1, 0.15) is 19.4 Å². The first-order valence-electron chi connectivity index (χ1n) is 7.98. The van der Waals surface area contributed by atoms with Gasteiger partial charge < -0.3 is 9.64 Å². The highest BCUT2D eigenvalue weighted by atomic mass is 32.2. The van der Waals surface area contributed by atoms with Crippen LogP contribution in [0.3, 0.4) is 0 Å². The maximum absolute atomic E-state index is 12.4. The number of benzene rings is 1. The summed E-state index contributed by atoms with van der Waals surface area (Å²) >= 11 is 1.37. The number of carbonyl (C=O) groups is 1. The van der Waals surface area contributed by atoms with Crippen molar-refractivity contribution in [3.05, 3.63) is 35.9 Å². The van der Waals surface area contributed by atoms with Gasteiger partial charge in [-0.1, -0.05) is 42.1 Å². The zero-order chi connectivity index (χ0) is 16.9. The van der Waals surface area contributed by atoms with E-state index in [9.17, 15) is 4.79 Å². The molecule has 128 valence electrons. The molecule has 1 saturated heterocycles. The quantitative estimate of drug-likeness (QED) is 0.762. The second-order valence-electron chi connectivity index (χ2n) is 5.95. The van der Waals surface area contributed by atoms with Crippen molar-refractivity contribution in [2.24, 2.45) is 0 Å². The van der Waals surface area contributed by atoms with Crippen molar-refractivity contribution in [1.29, 1.82) is 0 Å². The summed E-state index contributed by atoms with van der Waals surface area (Å²) in [5, 5.41) is 12.4. The minimum atomic E-state index is 0.0751. The van der Waals surface area contributed by atoms with Gasteiger partial charge in [0.05, 0.1) is 24.5 Å². The van der Waals surface area contributed by atoms with Crippen LogP contribution < -0.4 is 0 Å². The topological polar surface area (TPSA) is 73.1 Å². The van der Waals surface area contributed by atoms with E-state index in [1.807, 2.05) is 49.1 Å². The molecule has 1 aromatic heterocycles. The number of carbonyl (C=O) groups excluding carboxylic acids is 1. The van der Waals surface area contributed by atoms with Crippen molar-refractivity contribution in [3.63, 3.8) is 0 Å². The largest absolute Gasteiger partial charge is 0.372 e. The highest BCUT2D eigenvalue weighted by Crippen LogP contribution is 2.18. The number of hydrogen-bond acceptors (Lipinski definition) is 6. The van der Waals surface area contributed by atoms with Crippen molar-refractivity contribution in [3.8, 4) is 0 Å². The summed E-state index contributed by atoms with van der Waals surface area (Å²) in [6, 6.07) is 9.99. The smallest absolute Gasteiger partial charge is 0.233 e. The van der Waals surface area contributed by atoms with Crippen LogP contribution in [0.4, 0.5) is 0 Å². The number of thioether (sulfide) groups is 1. The fraction of sp³-hybridized carbons (Fsp3) is 0.500. The third-order valence-electron chi connectivity index (χ3n) is 3.77. The Labute approximate surface area is 145 Å². The third-order valence-corrected chi connectivity index (χ3v) is 4.71. The molecule has 8 heteroatoms. The number of hydrogen-bond donors (Lipinski definition) is 0. The maximum atomic E-state index is 12.4. The van der Waals surface area contributed by atoms with Gasteiger partial charge in [0.25, 0.3) is 0 Å². The predicted molar refractivity (Wildman–Crippen MR) is 90.7 cm³/mol. The summed E-state index contributed by atoms with van der Waals surface area (Å²) in [4.78, 5) is 14.3. The lowest BCUT2D eigenvalue weighted by Gasteiger charge is -2.35. The zero-order valence-electron chi connectivity index (χ0n) is 13.8. The average molecular weight is 347 g/mol. The standard InChI is InChI=1S/C16H21N5O2S/c1-12-8-20(9-13(2)23-12)15(22)11-24-16-17-18-19-21(16)10-14-6-4-3-5-7-14/h3-7,12-13H,8-11H2,1-2H3. The Balaban J connectivity index is 1.57. The van der Waals surface area contributed by atoms with E-state index in [0.717, 1.165) is 5.56 Å². The van der Waals surface area contributed by atoms with Gasteiger partial charge in [0.2, 0.25) is 11.1 Å². The summed E-state index contributed by atoms with van der Waals surface area (Å²) in [5.74, 6) is 0.422. The second-order valence-corrected chi connectivity index (χ2v) is 6.89. The van der Waals surface area contributed by atoms with E-state index in [2.05, 4.69) is 15.5 Å². The molecule has 1 aliphatic heterocycles. The molecule has 0 aliphatic carbocycles. The zero-order valence-corrected chi connectivity index (χ0v) is 14.6. The maximum Gasteiger partial charge on any atom is 0.233 e. The molecule has 1 fully saturated rings. The van der Waals surface area contributed by atoms with Gasteiger partial charge in [-0.15, -0.1) is 5.10 Å². The van der Waals surface area contributed by atoms with Crippen LogP contribution in [-0.4, -0.2) is 62.1 Å². The Morgan fingerprint density at radius 1 is 1.25 bits per heavy atom. The fourth-order valence-electron chi connectivity index (χ4n) is 2.75. The first kappa shape index (κ1) is 16.9. The van der Waals surface area contributed by atoms with E-state index in [1.165, 1.54) is 11.8 Å². The van der Waals surface area contributed by atoms with Gasteiger partial charge in [-0.2, -0.15) is 0 Å². The summed E-state index contributed by atoms with van der Waals surface area (Å²) in [6.45, 7) is 5.85. The number of ether oxygens (including phenoxy) is 1. The van der Waals surface area contributed by atoms with Crippen LogP contribution in [0, 0.1) is 0 Å². The lowest BCUT2D eigenvalue weighted by Crippen LogP contribution is -2.48. The van der Waals surface area contributed by atoms with Crippen LogP contribution in [0.5, 0.6) is 0 Å². The van der Waals surface area contributed by atoms with Gasteiger partial charge in [-0.05, 0) is 29.8 Å². The van der Waals surface area contributed by atoms with Gasteiger partial charge >= 0.3 is 0 Å². The van der Waals surface area contributed by atoms with Crippen LogP contribution in [-0.2, 0) is 16.1 Å². The molecular weight excluding hydrogens is 326 g/mol. The third kappa shape index (κ3) is 4.33. The minimum Gasteiger partial charge on any atom is -0.372 e. The van der Waals surface area contributed by atoms with Crippen LogP contribution in [0.2, 0.25) is 0 Å². The molecule has 2 unspecified atom stereocenters. The van der Waals surface area contributed by atoms with E-state index < -0.39 is 0 Å². The summed E-state index contributed by atoms with van der Waals surface area (Å²) in [5.41, 5.74) is 1.12. The molecule has 1 aliphatic rings. The Hall–Kier alpha value is -1.93. The lowest BCUT2D eigenvalue weighted by atomic mass is 10.2. The molecule has 0 N–H and O–H groups in total. The van der Waals surface area contributed by atoms with Crippen molar-refractivity contribution >= 4 is 17.7 Å². The monoisotopic (exact) mass is 347 g/mol. The summed E-state index contributed by atoms with van der Waals surface area (Å²) in [6.07, 6.45) is 0.150. The van der Waals surface area contributed by atoms with E-state index in [4.69, 9.17) is 4.74 Å². The Kier molecular flexibility index (Phi) is 5.47. The molecule has 3 rings (SSSR count). The number of nitrogens with zero attached hydrogens (tertiary/aromatic N) is 5. The van der Waals surface area contributed by atoms with E-state index in [0.29, 0.717) is 30.5 Å². The number of rotatable bonds is 5. The molecule has 0 bridgehead atoms. The normalized spacial score (nSPS) is 21.0. The van der Waals surface area contributed by atoms with Crippen molar-refractivity contribution in [2.45, 2.75) is 37.8 Å². The van der Waals surface area contributed by atoms with E-state index >= 15 is 0 Å². The number of aromatic nitrogens is 4. The molecule has 0 saturated carbocycles. The number of morpholine rings is 1.